The predicted molar refractivity (Wildman–Crippen MR) is 145 cm³/mol. The molecule has 34 heavy (non-hydrogen) atoms. The molecule has 0 aromatic heterocycles. The Bertz CT molecular complexity index is 877. The monoisotopic (exact) mass is 546 g/mol. The molecular weight excluding hydrogens is 508 g/mol. The molecule has 0 saturated heterocycles. The minimum atomic E-state index is -2.04. The van der Waals surface area contributed by atoms with E-state index in [4.69, 9.17) is 18.6 Å². The second-order valence-electron chi connectivity index (χ2n) is 9.93. The van der Waals surface area contributed by atoms with Gasteiger partial charge in [0.1, 0.15) is 24.1 Å². The number of benzene rings is 2. The fraction of sp³-hybridized carbons (Fsp3) is 0.500. The molecule has 0 unspecified atom stereocenters. The molecular formula is C28H39BrO4Si. The van der Waals surface area contributed by atoms with Crippen molar-refractivity contribution in [2.45, 2.75) is 83.1 Å². The molecule has 3 rings (SSSR count). The Morgan fingerprint density at radius 1 is 0.882 bits per heavy atom. The highest BCUT2D eigenvalue weighted by Crippen LogP contribution is 2.42. The number of rotatable bonds is 11. The minimum absolute atomic E-state index is 0.253. The quantitative estimate of drug-likeness (QED) is 0.268. The van der Waals surface area contributed by atoms with E-state index < -0.39 is 8.32 Å². The SMILES string of the molecule is CC(C)[Si](OC[C@H]1OC=C[C@@H](Oc2ccc(Br)cc2)[C@@H]1OCc1ccccc1)(C(C)C)C(C)C. The first-order valence-electron chi connectivity index (χ1n) is 12.3. The maximum Gasteiger partial charge on any atom is 0.200 e. The van der Waals surface area contributed by atoms with Crippen molar-refractivity contribution in [3.05, 3.63) is 77.0 Å². The molecule has 2 aromatic carbocycles. The number of hydrogen-bond acceptors (Lipinski definition) is 4. The molecule has 186 valence electrons. The molecule has 2 aromatic rings. The second-order valence-corrected chi connectivity index (χ2v) is 16.3. The summed E-state index contributed by atoms with van der Waals surface area (Å²) in [6.45, 7) is 14.8. The Labute approximate surface area is 214 Å². The molecule has 0 bridgehead atoms. The maximum atomic E-state index is 6.89. The molecule has 0 fully saturated rings. The lowest BCUT2D eigenvalue weighted by Crippen LogP contribution is -2.53. The van der Waals surface area contributed by atoms with Gasteiger partial charge in [-0.3, -0.25) is 0 Å². The molecule has 0 spiro atoms. The number of halogens is 1. The summed E-state index contributed by atoms with van der Waals surface area (Å²) in [6.07, 6.45) is 2.85. The van der Waals surface area contributed by atoms with Crippen LogP contribution in [0, 0.1) is 0 Å². The molecule has 1 heterocycles. The van der Waals surface area contributed by atoms with E-state index >= 15 is 0 Å². The first kappa shape index (κ1) is 27.0. The normalized spacial score (nSPS) is 20.7. The van der Waals surface area contributed by atoms with Crippen molar-refractivity contribution in [2.75, 3.05) is 6.61 Å². The molecule has 1 aliphatic rings. The van der Waals surface area contributed by atoms with Gasteiger partial charge in [-0.2, -0.15) is 0 Å². The fourth-order valence-electron chi connectivity index (χ4n) is 5.23. The van der Waals surface area contributed by atoms with Crippen molar-refractivity contribution in [1.29, 1.82) is 0 Å². The zero-order chi connectivity index (χ0) is 24.7. The van der Waals surface area contributed by atoms with Crippen LogP contribution < -0.4 is 4.74 Å². The van der Waals surface area contributed by atoms with E-state index in [2.05, 4.69) is 69.6 Å². The summed E-state index contributed by atoms with van der Waals surface area (Å²) in [6, 6.07) is 18.1. The molecule has 0 saturated carbocycles. The third-order valence-corrected chi connectivity index (χ3v) is 13.4. The third-order valence-electron chi connectivity index (χ3n) is 6.79. The molecule has 3 atom stereocenters. The van der Waals surface area contributed by atoms with Crippen molar-refractivity contribution >= 4 is 24.2 Å². The minimum Gasteiger partial charge on any atom is -0.493 e. The van der Waals surface area contributed by atoms with Crippen LogP contribution in [-0.4, -0.2) is 33.2 Å². The van der Waals surface area contributed by atoms with Crippen molar-refractivity contribution < 1.29 is 18.6 Å². The predicted octanol–water partition coefficient (Wildman–Crippen LogP) is 7.89. The van der Waals surface area contributed by atoms with Crippen LogP contribution >= 0.6 is 15.9 Å². The summed E-state index contributed by atoms with van der Waals surface area (Å²) in [7, 11) is -2.04. The highest BCUT2D eigenvalue weighted by Gasteiger charge is 2.46. The average Bonchev–Trinajstić information content (AvgIpc) is 2.80. The lowest BCUT2D eigenvalue weighted by molar-refractivity contribution is -0.113. The van der Waals surface area contributed by atoms with Crippen LogP contribution in [0.25, 0.3) is 0 Å². The first-order valence-corrected chi connectivity index (χ1v) is 15.2. The van der Waals surface area contributed by atoms with Gasteiger partial charge in [-0.25, -0.2) is 0 Å². The van der Waals surface area contributed by atoms with Crippen LogP contribution in [0.5, 0.6) is 5.75 Å². The molecule has 4 nitrogen and oxygen atoms in total. The van der Waals surface area contributed by atoms with Crippen molar-refractivity contribution in [3.8, 4) is 5.75 Å². The van der Waals surface area contributed by atoms with Crippen LogP contribution in [-0.2, 0) is 20.5 Å². The van der Waals surface area contributed by atoms with Crippen LogP contribution in [0.15, 0.2) is 71.4 Å². The molecule has 0 aliphatic carbocycles. The molecule has 0 N–H and O–H groups in total. The van der Waals surface area contributed by atoms with E-state index in [1.54, 1.807) is 6.26 Å². The van der Waals surface area contributed by atoms with Crippen molar-refractivity contribution in [1.82, 2.24) is 0 Å². The molecule has 6 heteroatoms. The van der Waals surface area contributed by atoms with E-state index in [1.807, 2.05) is 48.5 Å². The van der Waals surface area contributed by atoms with Gasteiger partial charge in [0, 0.05) is 4.47 Å². The largest absolute Gasteiger partial charge is 0.493 e. The summed E-state index contributed by atoms with van der Waals surface area (Å²) in [5, 5.41) is 0. The van der Waals surface area contributed by atoms with Gasteiger partial charge >= 0.3 is 0 Å². The Morgan fingerprint density at radius 2 is 1.50 bits per heavy atom. The summed E-state index contributed by atoms with van der Waals surface area (Å²) in [5.74, 6) is 0.794. The first-order chi connectivity index (χ1) is 16.2. The smallest absolute Gasteiger partial charge is 0.200 e. The lowest BCUT2D eigenvalue weighted by atomic mass is 10.1. The second kappa shape index (κ2) is 12.4. The van der Waals surface area contributed by atoms with Gasteiger partial charge in [-0.05, 0) is 52.5 Å². The van der Waals surface area contributed by atoms with Crippen LogP contribution in [0.2, 0.25) is 16.6 Å². The summed E-state index contributed by atoms with van der Waals surface area (Å²) >= 11 is 3.49. The zero-order valence-electron chi connectivity index (χ0n) is 21.2. The molecule has 1 aliphatic heterocycles. The third kappa shape index (κ3) is 6.54. The van der Waals surface area contributed by atoms with Gasteiger partial charge in [0.2, 0.25) is 8.32 Å². The molecule has 0 radical (unpaired) electrons. The van der Waals surface area contributed by atoms with Crippen molar-refractivity contribution in [3.63, 3.8) is 0 Å². The Morgan fingerprint density at radius 3 is 2.09 bits per heavy atom. The van der Waals surface area contributed by atoms with E-state index in [-0.39, 0.29) is 18.3 Å². The zero-order valence-corrected chi connectivity index (χ0v) is 23.8. The summed E-state index contributed by atoms with van der Waals surface area (Å²) in [5.41, 5.74) is 2.63. The summed E-state index contributed by atoms with van der Waals surface area (Å²) in [4.78, 5) is 0. The van der Waals surface area contributed by atoms with E-state index in [0.717, 1.165) is 15.8 Å². The fourth-order valence-corrected chi connectivity index (χ4v) is 10.9. The van der Waals surface area contributed by atoms with E-state index in [9.17, 15) is 0 Å². The van der Waals surface area contributed by atoms with Crippen LogP contribution in [0.1, 0.15) is 47.1 Å². The van der Waals surface area contributed by atoms with Gasteiger partial charge in [-0.1, -0.05) is 87.8 Å². The standard InChI is InChI=1S/C28H39BrO4Si/c1-20(2)34(21(3)4,22(5)6)32-19-27-28(31-18-23-10-8-7-9-11-23)26(16-17-30-27)33-25-14-12-24(29)13-15-25/h7-17,20-22,26-28H,18-19H2,1-6H3/t26-,27-,28+/m1/s1. The average molecular weight is 548 g/mol. The van der Waals surface area contributed by atoms with Gasteiger partial charge in [0.25, 0.3) is 0 Å². The lowest BCUT2D eigenvalue weighted by Gasteiger charge is -2.44. The Balaban J connectivity index is 1.81. The van der Waals surface area contributed by atoms with E-state index in [0.29, 0.717) is 29.8 Å². The van der Waals surface area contributed by atoms with Gasteiger partial charge in [-0.15, -0.1) is 0 Å². The van der Waals surface area contributed by atoms with Crippen LogP contribution in [0.4, 0.5) is 0 Å². The highest BCUT2D eigenvalue weighted by atomic mass is 79.9. The maximum absolute atomic E-state index is 6.89. The van der Waals surface area contributed by atoms with Gasteiger partial charge in [0.15, 0.2) is 0 Å². The van der Waals surface area contributed by atoms with Crippen LogP contribution in [0.3, 0.4) is 0 Å². The Kier molecular flexibility index (Phi) is 9.83. The number of hydrogen-bond donors (Lipinski definition) is 0. The van der Waals surface area contributed by atoms with Crippen molar-refractivity contribution in [2.24, 2.45) is 0 Å². The van der Waals surface area contributed by atoms with Gasteiger partial charge in [0.05, 0.1) is 19.5 Å². The summed E-state index contributed by atoms with van der Waals surface area (Å²) < 4.78 is 26.8. The van der Waals surface area contributed by atoms with E-state index in [1.165, 1.54) is 0 Å². The Hall–Kier alpha value is -1.60. The van der Waals surface area contributed by atoms with Gasteiger partial charge < -0.3 is 18.6 Å². The molecule has 0 amide bonds. The number of ether oxygens (including phenoxy) is 3. The topological polar surface area (TPSA) is 36.9 Å². The highest BCUT2D eigenvalue weighted by molar-refractivity contribution is 9.10.